The van der Waals surface area contributed by atoms with Crippen LogP contribution in [0, 0.1) is 0 Å². The van der Waals surface area contributed by atoms with E-state index >= 15 is 0 Å². The maximum absolute atomic E-state index is 11.9. The largest absolute Gasteiger partial charge is 0.350 e. The summed E-state index contributed by atoms with van der Waals surface area (Å²) < 4.78 is 0. The number of hydroxylamine groups is 1. The van der Waals surface area contributed by atoms with Crippen molar-refractivity contribution < 1.29 is 9.63 Å². The van der Waals surface area contributed by atoms with Gasteiger partial charge in [-0.1, -0.05) is 19.8 Å². The number of nitrogens with one attached hydrogen (secondary N) is 2. The standard InChI is InChI=1S/C13H26N2O2/c1-5-13(3,4)14-12(16)10(2)15-17-11-8-6-7-9-11/h10-11,15H,5-9H2,1-4H3,(H,14,16). The molecular formula is C13H26N2O2. The van der Waals surface area contributed by atoms with Crippen molar-refractivity contribution in [2.24, 2.45) is 0 Å². The smallest absolute Gasteiger partial charge is 0.239 e. The van der Waals surface area contributed by atoms with Gasteiger partial charge in [0.1, 0.15) is 6.04 Å². The fourth-order valence-electron chi connectivity index (χ4n) is 1.79. The van der Waals surface area contributed by atoms with Crippen LogP contribution in [0.4, 0.5) is 0 Å². The molecule has 0 aliphatic heterocycles. The zero-order valence-electron chi connectivity index (χ0n) is 11.5. The Labute approximate surface area is 104 Å². The summed E-state index contributed by atoms with van der Waals surface area (Å²) in [6, 6.07) is -0.304. The van der Waals surface area contributed by atoms with Crippen LogP contribution in [-0.2, 0) is 9.63 Å². The topological polar surface area (TPSA) is 50.4 Å². The Kier molecular flexibility index (Phi) is 5.40. The van der Waals surface area contributed by atoms with Gasteiger partial charge in [-0.25, -0.2) is 0 Å². The molecule has 1 unspecified atom stereocenters. The molecular weight excluding hydrogens is 216 g/mol. The minimum atomic E-state index is -0.304. The predicted molar refractivity (Wildman–Crippen MR) is 68.5 cm³/mol. The number of amides is 1. The van der Waals surface area contributed by atoms with Crippen LogP contribution in [-0.4, -0.2) is 23.6 Å². The second kappa shape index (κ2) is 6.36. The van der Waals surface area contributed by atoms with E-state index in [9.17, 15) is 4.79 Å². The SMILES string of the molecule is CCC(C)(C)NC(=O)C(C)NOC1CCCC1. The van der Waals surface area contributed by atoms with Gasteiger partial charge >= 0.3 is 0 Å². The lowest BCUT2D eigenvalue weighted by atomic mass is 10.0. The molecule has 2 N–H and O–H groups in total. The summed E-state index contributed by atoms with van der Waals surface area (Å²) in [5.41, 5.74) is 2.71. The summed E-state index contributed by atoms with van der Waals surface area (Å²) in [5, 5.41) is 3.00. The van der Waals surface area contributed by atoms with Crippen LogP contribution in [0.2, 0.25) is 0 Å². The Morgan fingerprint density at radius 3 is 2.53 bits per heavy atom. The quantitative estimate of drug-likeness (QED) is 0.702. The lowest BCUT2D eigenvalue weighted by molar-refractivity contribution is -0.130. The first kappa shape index (κ1) is 14.5. The molecule has 0 saturated heterocycles. The molecule has 0 aromatic rings. The monoisotopic (exact) mass is 242 g/mol. The van der Waals surface area contributed by atoms with E-state index in [1.807, 2.05) is 20.8 Å². The van der Waals surface area contributed by atoms with Crippen LogP contribution in [0.5, 0.6) is 0 Å². The highest BCUT2D eigenvalue weighted by Gasteiger charge is 2.23. The highest BCUT2D eigenvalue weighted by molar-refractivity contribution is 5.81. The zero-order valence-corrected chi connectivity index (χ0v) is 11.5. The number of hydrogen-bond acceptors (Lipinski definition) is 3. The summed E-state index contributed by atoms with van der Waals surface area (Å²) >= 11 is 0. The summed E-state index contributed by atoms with van der Waals surface area (Å²) in [4.78, 5) is 17.4. The highest BCUT2D eigenvalue weighted by atomic mass is 16.7. The first-order valence-electron chi connectivity index (χ1n) is 6.68. The van der Waals surface area contributed by atoms with Gasteiger partial charge < -0.3 is 5.32 Å². The first-order valence-corrected chi connectivity index (χ1v) is 6.68. The maximum atomic E-state index is 11.9. The van der Waals surface area contributed by atoms with Crippen molar-refractivity contribution in [3.63, 3.8) is 0 Å². The first-order chi connectivity index (χ1) is 7.94. The summed E-state index contributed by atoms with van der Waals surface area (Å²) in [6.07, 6.45) is 5.86. The number of rotatable bonds is 6. The minimum absolute atomic E-state index is 0.00477. The lowest BCUT2D eigenvalue weighted by Crippen LogP contribution is -2.51. The van der Waals surface area contributed by atoms with Crippen LogP contribution >= 0.6 is 0 Å². The van der Waals surface area contributed by atoms with E-state index in [1.54, 1.807) is 0 Å². The normalized spacial score (nSPS) is 19.3. The number of hydrogen-bond donors (Lipinski definition) is 2. The Hall–Kier alpha value is -0.610. The molecule has 1 fully saturated rings. The van der Waals surface area contributed by atoms with Gasteiger partial charge in [-0.15, -0.1) is 0 Å². The Balaban J connectivity index is 2.26. The average molecular weight is 242 g/mol. The van der Waals surface area contributed by atoms with Gasteiger partial charge in [-0.05, 0) is 40.0 Å². The van der Waals surface area contributed by atoms with Crippen LogP contribution in [0.1, 0.15) is 59.8 Å². The van der Waals surface area contributed by atoms with E-state index < -0.39 is 0 Å². The number of carbonyl (C=O) groups excluding carboxylic acids is 1. The molecule has 1 atom stereocenters. The van der Waals surface area contributed by atoms with E-state index in [1.165, 1.54) is 12.8 Å². The van der Waals surface area contributed by atoms with Crippen LogP contribution < -0.4 is 10.8 Å². The zero-order chi connectivity index (χ0) is 12.9. The third kappa shape index (κ3) is 5.04. The predicted octanol–water partition coefficient (Wildman–Crippen LogP) is 2.14. The van der Waals surface area contributed by atoms with Crippen molar-refractivity contribution >= 4 is 5.91 Å². The number of carbonyl (C=O) groups is 1. The molecule has 0 spiro atoms. The summed E-state index contributed by atoms with van der Waals surface area (Å²) in [7, 11) is 0. The van der Waals surface area contributed by atoms with Crippen LogP contribution in [0.15, 0.2) is 0 Å². The summed E-state index contributed by atoms with van der Waals surface area (Å²) in [5.74, 6) is -0.00477. The molecule has 0 heterocycles. The Morgan fingerprint density at radius 1 is 1.41 bits per heavy atom. The van der Waals surface area contributed by atoms with Gasteiger partial charge in [-0.3, -0.25) is 9.63 Å². The van der Waals surface area contributed by atoms with Gasteiger partial charge in [0, 0.05) is 5.54 Å². The maximum Gasteiger partial charge on any atom is 0.239 e. The fraction of sp³-hybridized carbons (Fsp3) is 0.923. The highest BCUT2D eigenvalue weighted by Crippen LogP contribution is 2.20. The molecule has 1 aliphatic carbocycles. The lowest BCUT2D eigenvalue weighted by Gasteiger charge is -2.27. The molecule has 1 aliphatic rings. The average Bonchev–Trinajstić information content (AvgIpc) is 2.78. The van der Waals surface area contributed by atoms with E-state index in [2.05, 4.69) is 17.7 Å². The van der Waals surface area contributed by atoms with E-state index in [4.69, 9.17) is 4.84 Å². The molecule has 0 radical (unpaired) electrons. The fourth-order valence-corrected chi connectivity index (χ4v) is 1.79. The van der Waals surface area contributed by atoms with E-state index in [0.29, 0.717) is 0 Å². The van der Waals surface area contributed by atoms with Gasteiger partial charge in [0.05, 0.1) is 6.10 Å². The van der Waals surface area contributed by atoms with Crippen molar-refractivity contribution in [2.45, 2.75) is 77.5 Å². The molecule has 0 aromatic heterocycles. The van der Waals surface area contributed by atoms with Gasteiger partial charge in [-0.2, -0.15) is 5.48 Å². The van der Waals surface area contributed by atoms with Gasteiger partial charge in [0.25, 0.3) is 0 Å². The molecule has 1 saturated carbocycles. The van der Waals surface area contributed by atoms with Crippen LogP contribution in [0.25, 0.3) is 0 Å². The van der Waals surface area contributed by atoms with Gasteiger partial charge in [0.2, 0.25) is 5.91 Å². The van der Waals surface area contributed by atoms with Crippen LogP contribution in [0.3, 0.4) is 0 Å². The summed E-state index contributed by atoms with van der Waals surface area (Å²) in [6.45, 7) is 7.94. The molecule has 1 amide bonds. The molecule has 1 rings (SSSR count). The molecule has 4 nitrogen and oxygen atoms in total. The molecule has 0 aromatic carbocycles. The Morgan fingerprint density at radius 2 is 2.00 bits per heavy atom. The third-order valence-electron chi connectivity index (χ3n) is 3.45. The second-order valence-electron chi connectivity index (χ2n) is 5.59. The van der Waals surface area contributed by atoms with Crippen molar-refractivity contribution in [3.05, 3.63) is 0 Å². The van der Waals surface area contributed by atoms with Crippen molar-refractivity contribution in [1.29, 1.82) is 0 Å². The molecule has 4 heteroatoms. The van der Waals surface area contributed by atoms with E-state index in [-0.39, 0.29) is 23.6 Å². The second-order valence-corrected chi connectivity index (χ2v) is 5.59. The minimum Gasteiger partial charge on any atom is -0.350 e. The molecule has 100 valence electrons. The third-order valence-corrected chi connectivity index (χ3v) is 3.45. The van der Waals surface area contributed by atoms with E-state index in [0.717, 1.165) is 19.3 Å². The van der Waals surface area contributed by atoms with Crippen molar-refractivity contribution in [3.8, 4) is 0 Å². The molecule has 17 heavy (non-hydrogen) atoms. The Bertz CT molecular complexity index is 248. The van der Waals surface area contributed by atoms with Crippen molar-refractivity contribution in [2.75, 3.05) is 0 Å². The van der Waals surface area contributed by atoms with Crippen molar-refractivity contribution in [1.82, 2.24) is 10.8 Å². The van der Waals surface area contributed by atoms with Gasteiger partial charge in [0.15, 0.2) is 0 Å². The molecule has 0 bridgehead atoms.